The van der Waals surface area contributed by atoms with Gasteiger partial charge in [-0.1, -0.05) is 20.8 Å². The van der Waals surface area contributed by atoms with Crippen molar-refractivity contribution in [2.24, 2.45) is 11.7 Å². The minimum atomic E-state index is -0.135. The molecule has 0 saturated heterocycles. The van der Waals surface area contributed by atoms with Crippen LogP contribution in [0.25, 0.3) is 10.2 Å². The van der Waals surface area contributed by atoms with E-state index >= 15 is 0 Å². The third kappa shape index (κ3) is 3.27. The Morgan fingerprint density at radius 1 is 1.40 bits per heavy atom. The largest absolute Gasteiger partial charge is 0.363 e. The van der Waals surface area contributed by atoms with Crippen LogP contribution in [-0.2, 0) is 6.42 Å². The topological polar surface area (TPSA) is 63.8 Å². The van der Waals surface area contributed by atoms with Gasteiger partial charge in [-0.25, -0.2) is 9.97 Å². The van der Waals surface area contributed by atoms with Gasteiger partial charge in [0.15, 0.2) is 0 Å². The fourth-order valence-corrected chi connectivity index (χ4v) is 3.49. The van der Waals surface area contributed by atoms with E-state index in [2.05, 4.69) is 49.0 Å². The third-order valence-electron chi connectivity index (χ3n) is 3.46. The SMILES string of the molecule is CCc1cc2c(NC(C)(CN)CC(C)C)ncnc2s1. The number of hydrogen-bond acceptors (Lipinski definition) is 5. The van der Waals surface area contributed by atoms with Gasteiger partial charge in [-0.2, -0.15) is 0 Å². The zero-order valence-electron chi connectivity index (χ0n) is 12.7. The van der Waals surface area contributed by atoms with E-state index in [1.165, 1.54) is 4.88 Å². The molecule has 1 atom stereocenters. The van der Waals surface area contributed by atoms with Crippen molar-refractivity contribution in [1.29, 1.82) is 0 Å². The van der Waals surface area contributed by atoms with Gasteiger partial charge >= 0.3 is 0 Å². The van der Waals surface area contributed by atoms with Gasteiger partial charge in [0.25, 0.3) is 0 Å². The molecule has 20 heavy (non-hydrogen) atoms. The highest BCUT2D eigenvalue weighted by molar-refractivity contribution is 7.18. The van der Waals surface area contributed by atoms with Crippen LogP contribution < -0.4 is 11.1 Å². The van der Waals surface area contributed by atoms with Crippen LogP contribution in [0.4, 0.5) is 5.82 Å². The van der Waals surface area contributed by atoms with Crippen LogP contribution in [0.3, 0.4) is 0 Å². The van der Waals surface area contributed by atoms with Crippen LogP contribution in [0.15, 0.2) is 12.4 Å². The minimum absolute atomic E-state index is 0.135. The van der Waals surface area contributed by atoms with Gasteiger partial charge in [0, 0.05) is 17.0 Å². The first kappa shape index (κ1) is 15.2. The standard InChI is InChI=1S/C15H24N4S/c1-5-11-6-12-13(17-9-18-14(12)20-11)19-15(4,8-16)7-10(2)3/h6,9-10H,5,7-8,16H2,1-4H3,(H,17,18,19). The summed E-state index contributed by atoms with van der Waals surface area (Å²) < 4.78 is 0. The predicted octanol–water partition coefficient (Wildman–Crippen LogP) is 3.43. The molecule has 2 heterocycles. The third-order valence-corrected chi connectivity index (χ3v) is 4.65. The number of nitrogens with zero attached hydrogens (tertiary/aromatic N) is 2. The Bertz CT molecular complexity index is 578. The molecule has 0 aliphatic heterocycles. The molecule has 0 aliphatic rings. The van der Waals surface area contributed by atoms with Crippen LogP contribution >= 0.6 is 11.3 Å². The fraction of sp³-hybridized carbons (Fsp3) is 0.600. The number of aryl methyl sites for hydroxylation is 1. The van der Waals surface area contributed by atoms with Crippen molar-refractivity contribution in [3.8, 4) is 0 Å². The van der Waals surface area contributed by atoms with Gasteiger partial charge in [-0.3, -0.25) is 0 Å². The van der Waals surface area contributed by atoms with Crippen molar-refractivity contribution in [3.63, 3.8) is 0 Å². The van der Waals surface area contributed by atoms with Gasteiger partial charge in [0.05, 0.1) is 5.39 Å². The fourth-order valence-electron chi connectivity index (χ4n) is 2.55. The average molecular weight is 292 g/mol. The van der Waals surface area contributed by atoms with E-state index in [0.717, 1.165) is 28.9 Å². The zero-order chi connectivity index (χ0) is 14.8. The van der Waals surface area contributed by atoms with E-state index in [-0.39, 0.29) is 5.54 Å². The van der Waals surface area contributed by atoms with Crippen molar-refractivity contribution in [2.75, 3.05) is 11.9 Å². The number of fused-ring (bicyclic) bond motifs is 1. The lowest BCUT2D eigenvalue weighted by Gasteiger charge is -2.31. The molecule has 0 aromatic carbocycles. The summed E-state index contributed by atoms with van der Waals surface area (Å²) in [7, 11) is 0. The van der Waals surface area contributed by atoms with E-state index in [4.69, 9.17) is 5.73 Å². The van der Waals surface area contributed by atoms with E-state index in [9.17, 15) is 0 Å². The second-order valence-corrected chi connectivity index (χ2v) is 7.11. The monoisotopic (exact) mass is 292 g/mol. The number of nitrogens with one attached hydrogen (secondary N) is 1. The second kappa shape index (κ2) is 6.06. The Balaban J connectivity index is 2.34. The highest BCUT2D eigenvalue weighted by Gasteiger charge is 2.25. The van der Waals surface area contributed by atoms with Crippen molar-refractivity contribution in [1.82, 2.24) is 9.97 Å². The zero-order valence-corrected chi connectivity index (χ0v) is 13.5. The predicted molar refractivity (Wildman–Crippen MR) is 87.3 cm³/mol. The molecule has 0 spiro atoms. The quantitative estimate of drug-likeness (QED) is 0.856. The van der Waals surface area contributed by atoms with Crippen LogP contribution in [-0.4, -0.2) is 22.1 Å². The molecule has 2 aromatic rings. The van der Waals surface area contributed by atoms with Crippen molar-refractivity contribution >= 4 is 27.4 Å². The van der Waals surface area contributed by atoms with Gasteiger partial charge in [-0.05, 0) is 31.7 Å². The first-order valence-electron chi connectivity index (χ1n) is 7.19. The van der Waals surface area contributed by atoms with Crippen molar-refractivity contribution in [2.45, 2.75) is 46.1 Å². The number of thiophene rings is 1. The summed E-state index contributed by atoms with van der Waals surface area (Å²) in [6, 6.07) is 2.19. The molecule has 2 rings (SSSR count). The maximum atomic E-state index is 5.98. The number of anilines is 1. The lowest BCUT2D eigenvalue weighted by Crippen LogP contribution is -2.43. The van der Waals surface area contributed by atoms with E-state index < -0.39 is 0 Å². The molecule has 0 saturated carbocycles. The molecular formula is C15H24N4S. The van der Waals surface area contributed by atoms with Gasteiger partial charge in [0.2, 0.25) is 0 Å². The molecule has 3 N–H and O–H groups in total. The molecular weight excluding hydrogens is 268 g/mol. The average Bonchev–Trinajstić information content (AvgIpc) is 2.82. The minimum Gasteiger partial charge on any atom is -0.363 e. The Morgan fingerprint density at radius 3 is 2.75 bits per heavy atom. The van der Waals surface area contributed by atoms with Gasteiger partial charge in [0.1, 0.15) is 17.0 Å². The Kier molecular flexibility index (Phi) is 4.60. The summed E-state index contributed by atoms with van der Waals surface area (Å²) in [5.41, 5.74) is 5.84. The molecule has 0 amide bonds. The number of rotatable bonds is 6. The maximum Gasteiger partial charge on any atom is 0.138 e. The summed E-state index contributed by atoms with van der Waals surface area (Å²) in [4.78, 5) is 11.2. The molecule has 1 unspecified atom stereocenters. The molecule has 110 valence electrons. The normalized spacial score (nSPS) is 14.7. The number of hydrogen-bond donors (Lipinski definition) is 2. The van der Waals surface area contributed by atoms with E-state index in [1.807, 2.05) is 0 Å². The lowest BCUT2D eigenvalue weighted by molar-refractivity contribution is 0.406. The molecule has 0 fully saturated rings. The van der Waals surface area contributed by atoms with Crippen LogP contribution in [0.1, 0.15) is 39.0 Å². The molecule has 0 aliphatic carbocycles. The summed E-state index contributed by atoms with van der Waals surface area (Å²) in [5, 5.41) is 4.66. The van der Waals surface area contributed by atoms with E-state index in [0.29, 0.717) is 12.5 Å². The molecule has 2 aromatic heterocycles. The smallest absolute Gasteiger partial charge is 0.138 e. The lowest BCUT2D eigenvalue weighted by atomic mass is 9.90. The first-order chi connectivity index (χ1) is 9.47. The van der Waals surface area contributed by atoms with Crippen LogP contribution in [0.2, 0.25) is 0 Å². The van der Waals surface area contributed by atoms with Crippen molar-refractivity contribution < 1.29 is 0 Å². The Morgan fingerprint density at radius 2 is 2.15 bits per heavy atom. The highest BCUT2D eigenvalue weighted by atomic mass is 32.1. The second-order valence-electron chi connectivity index (χ2n) is 6.00. The summed E-state index contributed by atoms with van der Waals surface area (Å²) in [6.07, 6.45) is 3.67. The first-order valence-corrected chi connectivity index (χ1v) is 8.00. The molecule has 0 radical (unpaired) electrons. The summed E-state index contributed by atoms with van der Waals surface area (Å²) >= 11 is 1.74. The van der Waals surface area contributed by atoms with Gasteiger partial charge < -0.3 is 11.1 Å². The summed E-state index contributed by atoms with van der Waals surface area (Å²) in [6.45, 7) is 9.33. The highest BCUT2D eigenvalue weighted by Crippen LogP contribution is 2.30. The van der Waals surface area contributed by atoms with Crippen molar-refractivity contribution in [3.05, 3.63) is 17.3 Å². The maximum absolute atomic E-state index is 5.98. The Labute approximate surface area is 124 Å². The number of nitrogens with two attached hydrogens (primary N) is 1. The number of aromatic nitrogens is 2. The Hall–Kier alpha value is -1.20. The van der Waals surface area contributed by atoms with E-state index in [1.54, 1.807) is 17.7 Å². The van der Waals surface area contributed by atoms with Crippen LogP contribution in [0, 0.1) is 5.92 Å². The molecule has 5 heteroatoms. The molecule has 4 nitrogen and oxygen atoms in total. The van der Waals surface area contributed by atoms with Crippen LogP contribution in [0.5, 0.6) is 0 Å². The van der Waals surface area contributed by atoms with Gasteiger partial charge in [-0.15, -0.1) is 11.3 Å². The molecule has 0 bridgehead atoms. The summed E-state index contributed by atoms with van der Waals surface area (Å²) in [5.74, 6) is 1.49.